The van der Waals surface area contributed by atoms with Gasteiger partial charge in [-0.05, 0) is 49.7 Å². The third-order valence-electron chi connectivity index (χ3n) is 3.96. The number of fused-ring (bicyclic) bond motifs is 1. The number of nitrogens with one attached hydrogen (secondary N) is 1. The molecule has 1 N–H and O–H groups in total. The summed E-state index contributed by atoms with van der Waals surface area (Å²) in [4.78, 5) is 16.6. The number of nitrogens with zero attached hydrogens (tertiary/aromatic N) is 2. The molecule has 4 nitrogen and oxygen atoms in total. The predicted molar refractivity (Wildman–Crippen MR) is 92.9 cm³/mol. The third kappa shape index (κ3) is 3.26. The summed E-state index contributed by atoms with van der Waals surface area (Å²) in [5.41, 5.74) is 3.70. The molecule has 0 bridgehead atoms. The van der Waals surface area contributed by atoms with Gasteiger partial charge in [-0.25, -0.2) is 4.98 Å². The van der Waals surface area contributed by atoms with Crippen LogP contribution in [0, 0.1) is 0 Å². The van der Waals surface area contributed by atoms with E-state index >= 15 is 0 Å². The van der Waals surface area contributed by atoms with Crippen molar-refractivity contribution in [3.8, 4) is 5.69 Å². The molecule has 0 spiro atoms. The summed E-state index contributed by atoms with van der Waals surface area (Å²) >= 11 is 0. The monoisotopic (exact) mass is 307 g/mol. The molecular weight excluding hydrogens is 286 g/mol. The van der Waals surface area contributed by atoms with Gasteiger partial charge in [-0.1, -0.05) is 25.5 Å². The lowest BCUT2D eigenvalue weighted by Crippen LogP contribution is -2.32. The fourth-order valence-corrected chi connectivity index (χ4v) is 2.75. The first kappa shape index (κ1) is 15.3. The van der Waals surface area contributed by atoms with Crippen molar-refractivity contribution in [3.63, 3.8) is 0 Å². The number of hydrogen-bond acceptors (Lipinski definition) is 2. The molecule has 0 fully saturated rings. The summed E-state index contributed by atoms with van der Waals surface area (Å²) in [6.07, 6.45) is 3.86. The Morgan fingerprint density at radius 1 is 1.17 bits per heavy atom. The lowest BCUT2D eigenvalue weighted by Gasteiger charge is -2.13. The van der Waals surface area contributed by atoms with Crippen molar-refractivity contribution >= 4 is 16.9 Å². The molecule has 0 saturated heterocycles. The van der Waals surface area contributed by atoms with Crippen LogP contribution in [0.5, 0.6) is 0 Å². The van der Waals surface area contributed by atoms with Crippen molar-refractivity contribution in [3.05, 3.63) is 60.4 Å². The second-order valence-electron chi connectivity index (χ2n) is 5.81. The summed E-state index contributed by atoms with van der Waals surface area (Å²) in [6.45, 7) is 4.15. The molecule has 1 amide bonds. The molecular formula is C19H21N3O. The number of carbonyl (C=O) groups excluding carboxylic acids is 1. The van der Waals surface area contributed by atoms with Crippen LogP contribution in [-0.2, 0) is 0 Å². The molecule has 1 unspecified atom stereocenters. The number of benzene rings is 2. The zero-order valence-corrected chi connectivity index (χ0v) is 13.5. The molecule has 4 heteroatoms. The number of aromatic nitrogens is 2. The normalized spacial score (nSPS) is 12.3. The molecule has 1 heterocycles. The maximum atomic E-state index is 12.2. The summed E-state index contributed by atoms with van der Waals surface area (Å²) in [7, 11) is 0. The molecule has 3 aromatic rings. The minimum Gasteiger partial charge on any atom is -0.350 e. The summed E-state index contributed by atoms with van der Waals surface area (Å²) in [5, 5.41) is 3.02. The Labute approximate surface area is 136 Å². The van der Waals surface area contributed by atoms with Crippen molar-refractivity contribution < 1.29 is 4.79 Å². The smallest absolute Gasteiger partial charge is 0.251 e. The van der Waals surface area contributed by atoms with Crippen molar-refractivity contribution in [2.24, 2.45) is 0 Å². The molecule has 1 aromatic heterocycles. The maximum absolute atomic E-state index is 12.2. The molecule has 0 radical (unpaired) electrons. The molecule has 0 saturated carbocycles. The Bertz CT molecular complexity index is 805. The quantitative estimate of drug-likeness (QED) is 0.776. The lowest BCUT2D eigenvalue weighted by atomic mass is 10.1. The molecule has 23 heavy (non-hydrogen) atoms. The Kier molecular flexibility index (Phi) is 4.42. The number of amides is 1. The Hall–Kier alpha value is -2.62. The summed E-state index contributed by atoms with van der Waals surface area (Å²) in [6, 6.07) is 15.8. The van der Waals surface area contributed by atoms with Gasteiger partial charge in [0.2, 0.25) is 0 Å². The van der Waals surface area contributed by atoms with E-state index in [1.165, 1.54) is 0 Å². The standard InChI is InChI=1S/C19H21N3O/c1-3-6-14(2)21-19(23)15-9-11-16(12-10-15)22-13-20-17-7-4-5-8-18(17)22/h4-5,7-14H,3,6H2,1-2H3,(H,21,23). The number of hydrogen-bond donors (Lipinski definition) is 1. The third-order valence-corrected chi connectivity index (χ3v) is 3.96. The van der Waals surface area contributed by atoms with E-state index in [9.17, 15) is 4.79 Å². The number of rotatable bonds is 5. The van der Waals surface area contributed by atoms with Crippen LogP contribution >= 0.6 is 0 Å². The van der Waals surface area contributed by atoms with Crippen LogP contribution in [0.1, 0.15) is 37.0 Å². The van der Waals surface area contributed by atoms with E-state index in [2.05, 4.69) is 17.2 Å². The Balaban J connectivity index is 1.81. The van der Waals surface area contributed by atoms with E-state index in [4.69, 9.17) is 0 Å². The Morgan fingerprint density at radius 3 is 2.65 bits per heavy atom. The maximum Gasteiger partial charge on any atom is 0.251 e. The van der Waals surface area contributed by atoms with E-state index in [1.54, 1.807) is 0 Å². The van der Waals surface area contributed by atoms with Crippen LogP contribution in [0.4, 0.5) is 0 Å². The van der Waals surface area contributed by atoms with E-state index < -0.39 is 0 Å². The van der Waals surface area contributed by atoms with Crippen LogP contribution < -0.4 is 5.32 Å². The Morgan fingerprint density at radius 2 is 1.91 bits per heavy atom. The second-order valence-corrected chi connectivity index (χ2v) is 5.81. The van der Waals surface area contributed by atoms with Gasteiger partial charge < -0.3 is 5.32 Å². The molecule has 2 aromatic carbocycles. The highest BCUT2D eigenvalue weighted by Crippen LogP contribution is 2.18. The van der Waals surface area contributed by atoms with Gasteiger partial charge in [-0.15, -0.1) is 0 Å². The first-order valence-corrected chi connectivity index (χ1v) is 8.02. The topological polar surface area (TPSA) is 46.9 Å². The molecule has 1 atom stereocenters. The lowest BCUT2D eigenvalue weighted by molar-refractivity contribution is 0.0938. The van der Waals surface area contributed by atoms with Crippen molar-refractivity contribution in [2.45, 2.75) is 32.7 Å². The summed E-state index contributed by atoms with van der Waals surface area (Å²) < 4.78 is 2.02. The van der Waals surface area contributed by atoms with E-state index in [0.717, 1.165) is 29.6 Å². The van der Waals surface area contributed by atoms with E-state index in [0.29, 0.717) is 5.56 Å². The number of imidazole rings is 1. The van der Waals surface area contributed by atoms with Crippen LogP contribution in [0.15, 0.2) is 54.9 Å². The fraction of sp³-hybridized carbons (Fsp3) is 0.263. The highest BCUT2D eigenvalue weighted by atomic mass is 16.1. The molecule has 0 aliphatic rings. The van der Waals surface area contributed by atoms with E-state index in [1.807, 2.05) is 66.3 Å². The molecule has 0 aliphatic carbocycles. The number of para-hydroxylation sites is 2. The SMILES string of the molecule is CCCC(C)NC(=O)c1ccc(-n2cnc3ccccc32)cc1. The van der Waals surface area contributed by atoms with Gasteiger partial charge in [0.25, 0.3) is 5.91 Å². The van der Waals surface area contributed by atoms with Crippen LogP contribution in [0.3, 0.4) is 0 Å². The minimum atomic E-state index is -0.0204. The highest BCUT2D eigenvalue weighted by Gasteiger charge is 2.10. The van der Waals surface area contributed by atoms with Crippen LogP contribution in [0.25, 0.3) is 16.7 Å². The van der Waals surface area contributed by atoms with Crippen molar-refractivity contribution in [1.82, 2.24) is 14.9 Å². The minimum absolute atomic E-state index is 0.0204. The average molecular weight is 307 g/mol. The van der Waals surface area contributed by atoms with Gasteiger partial charge in [0.05, 0.1) is 11.0 Å². The van der Waals surface area contributed by atoms with Gasteiger partial charge >= 0.3 is 0 Å². The van der Waals surface area contributed by atoms with Gasteiger partial charge in [0.15, 0.2) is 0 Å². The van der Waals surface area contributed by atoms with Crippen LogP contribution in [-0.4, -0.2) is 21.5 Å². The first-order valence-electron chi connectivity index (χ1n) is 8.02. The second kappa shape index (κ2) is 6.65. The number of carbonyl (C=O) groups is 1. The molecule has 3 rings (SSSR count). The predicted octanol–water partition coefficient (Wildman–Crippen LogP) is 3.94. The van der Waals surface area contributed by atoms with Crippen LogP contribution in [0.2, 0.25) is 0 Å². The van der Waals surface area contributed by atoms with E-state index in [-0.39, 0.29) is 11.9 Å². The van der Waals surface area contributed by atoms with Gasteiger partial charge in [-0.3, -0.25) is 9.36 Å². The largest absolute Gasteiger partial charge is 0.350 e. The molecule has 118 valence electrons. The van der Waals surface area contributed by atoms with Gasteiger partial charge in [-0.2, -0.15) is 0 Å². The average Bonchev–Trinajstić information content (AvgIpc) is 2.99. The summed E-state index contributed by atoms with van der Waals surface area (Å²) in [5.74, 6) is -0.0204. The molecule has 0 aliphatic heterocycles. The van der Waals surface area contributed by atoms with Crippen molar-refractivity contribution in [2.75, 3.05) is 0 Å². The zero-order valence-electron chi connectivity index (χ0n) is 13.5. The van der Waals surface area contributed by atoms with Gasteiger partial charge in [0.1, 0.15) is 6.33 Å². The van der Waals surface area contributed by atoms with Gasteiger partial charge in [0, 0.05) is 17.3 Å². The van der Waals surface area contributed by atoms with Crippen molar-refractivity contribution in [1.29, 1.82) is 0 Å². The first-order chi connectivity index (χ1) is 11.2. The fourth-order valence-electron chi connectivity index (χ4n) is 2.75. The zero-order chi connectivity index (χ0) is 16.2. The highest BCUT2D eigenvalue weighted by molar-refractivity contribution is 5.94.